The van der Waals surface area contributed by atoms with Crippen LogP contribution in [0.5, 0.6) is 5.75 Å². The van der Waals surface area contributed by atoms with Crippen LogP contribution < -0.4 is 15.0 Å². The molecule has 2 aliphatic rings. The van der Waals surface area contributed by atoms with Gasteiger partial charge in [0.2, 0.25) is 5.95 Å². The van der Waals surface area contributed by atoms with Crippen LogP contribution in [0.25, 0.3) is 22.3 Å². The lowest BCUT2D eigenvalue weighted by atomic mass is 9.93. The maximum atomic E-state index is 13.9. The number of nitrogens with one attached hydrogen (secondary N) is 1. The van der Waals surface area contributed by atoms with Gasteiger partial charge in [0.05, 0.1) is 29.9 Å². The highest BCUT2D eigenvalue weighted by atomic mass is 16.5. The molecule has 3 heterocycles. The number of aromatic nitrogens is 3. The summed E-state index contributed by atoms with van der Waals surface area (Å²) in [4.78, 5) is 30.8. The van der Waals surface area contributed by atoms with Crippen molar-refractivity contribution >= 4 is 28.6 Å². The van der Waals surface area contributed by atoms with Crippen molar-refractivity contribution in [2.45, 2.75) is 63.6 Å². The summed E-state index contributed by atoms with van der Waals surface area (Å²) < 4.78 is 7.78. The van der Waals surface area contributed by atoms with E-state index in [1.165, 1.54) is 5.69 Å². The second-order valence-electron chi connectivity index (χ2n) is 13.5. The summed E-state index contributed by atoms with van der Waals surface area (Å²) in [6.07, 6.45) is 5.11. The highest BCUT2D eigenvalue weighted by Gasteiger charge is 2.28. The zero-order valence-electron chi connectivity index (χ0n) is 28.4. The number of methoxy groups -OCH3 is 1. The number of hydrogen-bond donors (Lipinski definition) is 2. The molecule has 2 N–H and O–H groups in total. The Morgan fingerprint density at radius 3 is 2.43 bits per heavy atom. The molecular formula is C37H49N7O3. The molecule has 2 aromatic heterocycles. The zero-order valence-corrected chi connectivity index (χ0v) is 28.4. The molecule has 4 aromatic rings. The zero-order chi connectivity index (χ0) is 33.1. The molecule has 1 amide bonds. The summed E-state index contributed by atoms with van der Waals surface area (Å²) in [5.41, 5.74) is 5.82. The number of hydrogen-bond acceptors (Lipinski definition) is 8. The number of aliphatic hydroxyl groups is 1. The van der Waals surface area contributed by atoms with Crippen LogP contribution >= 0.6 is 0 Å². The van der Waals surface area contributed by atoms with Gasteiger partial charge in [-0.2, -0.15) is 0 Å². The van der Waals surface area contributed by atoms with Gasteiger partial charge in [-0.25, -0.2) is 4.98 Å². The largest absolute Gasteiger partial charge is 0.496 e. The van der Waals surface area contributed by atoms with Crippen molar-refractivity contribution in [1.82, 2.24) is 24.3 Å². The molecule has 1 saturated carbocycles. The van der Waals surface area contributed by atoms with Crippen molar-refractivity contribution in [2.75, 3.05) is 64.6 Å². The minimum absolute atomic E-state index is 0.133. The van der Waals surface area contributed by atoms with Crippen molar-refractivity contribution in [2.24, 2.45) is 0 Å². The quantitative estimate of drug-likeness (QED) is 0.231. The molecule has 0 bridgehead atoms. The Morgan fingerprint density at radius 1 is 0.957 bits per heavy atom. The van der Waals surface area contributed by atoms with Crippen molar-refractivity contribution < 1.29 is 14.6 Å². The first-order valence-electron chi connectivity index (χ1n) is 16.9. The molecular weight excluding hydrogens is 590 g/mol. The molecule has 2 aromatic carbocycles. The summed E-state index contributed by atoms with van der Waals surface area (Å²) in [5.74, 6) is 1.01. The fraction of sp³-hybridized carbons (Fsp3) is 0.486. The predicted molar refractivity (Wildman–Crippen MR) is 189 cm³/mol. The van der Waals surface area contributed by atoms with Gasteiger partial charge >= 0.3 is 0 Å². The standard InChI is InChI=1S/C37H49N7O3/c1-25-22-26(23-33(38-25)31-8-6-7-9-35(31)47-5)36(46)40-37-39-32-15-12-29(24-34(32)44(37)28-10-13-30(45)14-11-28)43-18-16-27(17-19-43)42(4)21-20-41(2)3/h6-9,12,15,22-24,27-28,30,45H,10-11,13-14,16-21H2,1-5H3,(H,39,40,46)/t28-,30+. The fourth-order valence-corrected chi connectivity index (χ4v) is 7.13. The Hall–Kier alpha value is -3.99. The molecule has 0 radical (unpaired) electrons. The monoisotopic (exact) mass is 639 g/mol. The molecule has 0 spiro atoms. The second-order valence-corrected chi connectivity index (χ2v) is 13.5. The average molecular weight is 640 g/mol. The Labute approximate surface area is 278 Å². The Bertz CT molecular complexity index is 1690. The lowest BCUT2D eigenvalue weighted by molar-refractivity contribution is 0.102. The van der Waals surface area contributed by atoms with Crippen LogP contribution in [0.4, 0.5) is 11.6 Å². The van der Waals surface area contributed by atoms with Gasteiger partial charge in [-0.3, -0.25) is 15.1 Å². The van der Waals surface area contributed by atoms with E-state index in [1.54, 1.807) is 13.2 Å². The number of amides is 1. The van der Waals surface area contributed by atoms with Crippen LogP contribution in [-0.4, -0.2) is 102 Å². The first-order chi connectivity index (χ1) is 22.7. The number of pyridine rings is 1. The van der Waals surface area contributed by atoms with E-state index in [4.69, 9.17) is 14.7 Å². The normalized spacial score (nSPS) is 19.1. The number of benzene rings is 2. The van der Waals surface area contributed by atoms with Crippen LogP contribution in [0.2, 0.25) is 0 Å². The van der Waals surface area contributed by atoms with E-state index in [-0.39, 0.29) is 18.1 Å². The third-order valence-corrected chi connectivity index (χ3v) is 9.88. The van der Waals surface area contributed by atoms with Crippen LogP contribution in [0, 0.1) is 6.92 Å². The molecule has 1 aliphatic heterocycles. The maximum Gasteiger partial charge on any atom is 0.258 e. The number of piperidine rings is 1. The number of aryl methyl sites for hydroxylation is 1. The number of aliphatic hydroxyl groups excluding tert-OH is 1. The number of carbonyl (C=O) groups excluding carboxylic acids is 1. The lowest BCUT2D eigenvalue weighted by Gasteiger charge is -2.38. The summed E-state index contributed by atoms with van der Waals surface area (Å²) >= 11 is 0. The molecule has 2 fully saturated rings. The maximum absolute atomic E-state index is 13.9. The summed E-state index contributed by atoms with van der Waals surface area (Å²) in [6.45, 7) is 6.05. The third kappa shape index (κ3) is 7.45. The molecule has 0 atom stereocenters. The number of nitrogens with zero attached hydrogens (tertiary/aromatic N) is 6. The van der Waals surface area contributed by atoms with Crippen molar-refractivity contribution in [3.63, 3.8) is 0 Å². The van der Waals surface area contributed by atoms with Gasteiger partial charge in [0, 0.05) is 60.8 Å². The topological polar surface area (TPSA) is 99.0 Å². The summed E-state index contributed by atoms with van der Waals surface area (Å²) in [7, 11) is 8.14. The van der Waals surface area contributed by atoms with Crippen molar-refractivity contribution in [3.05, 3.63) is 65.9 Å². The van der Waals surface area contributed by atoms with Crippen LogP contribution in [0.1, 0.15) is 60.6 Å². The summed E-state index contributed by atoms with van der Waals surface area (Å²) in [6, 6.07) is 18.5. The molecule has 0 unspecified atom stereocenters. The van der Waals surface area contributed by atoms with E-state index in [9.17, 15) is 9.90 Å². The van der Waals surface area contributed by atoms with Gasteiger partial charge in [0.1, 0.15) is 5.75 Å². The highest BCUT2D eigenvalue weighted by Crippen LogP contribution is 2.37. The van der Waals surface area contributed by atoms with E-state index >= 15 is 0 Å². The minimum atomic E-state index is -0.278. The van der Waals surface area contributed by atoms with Crippen molar-refractivity contribution in [3.8, 4) is 17.0 Å². The summed E-state index contributed by atoms with van der Waals surface area (Å²) in [5, 5.41) is 13.5. The predicted octanol–water partition coefficient (Wildman–Crippen LogP) is 5.61. The molecule has 10 heteroatoms. The van der Waals surface area contributed by atoms with Crippen LogP contribution in [-0.2, 0) is 0 Å². The van der Waals surface area contributed by atoms with Crippen LogP contribution in [0.3, 0.4) is 0 Å². The van der Waals surface area contributed by atoms with Gasteiger partial charge in [-0.15, -0.1) is 0 Å². The van der Waals surface area contributed by atoms with E-state index in [0.717, 1.165) is 87.0 Å². The van der Waals surface area contributed by atoms with Gasteiger partial charge in [-0.05, 0) is 109 Å². The molecule has 1 saturated heterocycles. The number of fused-ring (bicyclic) bond motifs is 1. The number of imidazole rings is 1. The number of para-hydroxylation sites is 1. The van der Waals surface area contributed by atoms with Gasteiger partial charge < -0.3 is 29.1 Å². The Kier molecular flexibility index (Phi) is 10.1. The lowest BCUT2D eigenvalue weighted by Crippen LogP contribution is -2.45. The number of ether oxygens (including phenoxy) is 1. The van der Waals surface area contributed by atoms with E-state index in [2.05, 4.69) is 63.9 Å². The average Bonchev–Trinajstić information content (AvgIpc) is 3.44. The molecule has 47 heavy (non-hydrogen) atoms. The smallest absolute Gasteiger partial charge is 0.258 e. The molecule has 250 valence electrons. The fourth-order valence-electron chi connectivity index (χ4n) is 7.13. The van der Waals surface area contributed by atoms with Gasteiger partial charge in [-0.1, -0.05) is 12.1 Å². The van der Waals surface area contributed by atoms with Gasteiger partial charge in [0.15, 0.2) is 0 Å². The van der Waals surface area contributed by atoms with Crippen LogP contribution in [0.15, 0.2) is 54.6 Å². The van der Waals surface area contributed by atoms with E-state index in [1.807, 2.05) is 37.3 Å². The first kappa shape index (κ1) is 32.9. The minimum Gasteiger partial charge on any atom is -0.496 e. The van der Waals surface area contributed by atoms with Gasteiger partial charge in [0.25, 0.3) is 5.91 Å². The third-order valence-electron chi connectivity index (χ3n) is 9.88. The highest BCUT2D eigenvalue weighted by molar-refractivity contribution is 6.05. The molecule has 6 rings (SSSR count). The van der Waals surface area contributed by atoms with E-state index < -0.39 is 0 Å². The SMILES string of the molecule is COc1ccccc1-c1cc(C(=O)Nc2nc3ccc(N4CCC(N(C)CCN(C)C)CC4)cc3n2[C@H]2CC[C@@H](O)CC2)cc(C)n1. The number of rotatable bonds is 10. The Balaban J connectivity index is 1.27. The van der Waals surface area contributed by atoms with E-state index in [0.29, 0.717) is 29.0 Å². The number of anilines is 2. The number of likely N-dealkylation sites (N-methyl/N-ethyl adjacent to an activating group) is 2. The molecule has 1 aliphatic carbocycles. The Morgan fingerprint density at radius 2 is 1.70 bits per heavy atom. The number of carbonyl (C=O) groups is 1. The molecule has 10 nitrogen and oxygen atoms in total. The van der Waals surface area contributed by atoms with Crippen molar-refractivity contribution in [1.29, 1.82) is 0 Å². The first-order valence-corrected chi connectivity index (χ1v) is 16.9. The second kappa shape index (κ2) is 14.4.